The molecule has 0 aliphatic carbocycles. The molecule has 86 valence electrons. The molecule has 0 radical (unpaired) electrons. The Hall–Kier alpha value is -1.55. The predicted octanol–water partition coefficient (Wildman–Crippen LogP) is 2.02. The van der Waals surface area contributed by atoms with Crippen LogP contribution in [-0.4, -0.2) is 23.1 Å². The highest BCUT2D eigenvalue weighted by atomic mass is 14.9. The average Bonchev–Trinajstić information content (AvgIpc) is 2.64. The lowest BCUT2D eigenvalue weighted by Gasteiger charge is -2.05. The minimum absolute atomic E-state index is 0.764. The molecule has 16 heavy (non-hydrogen) atoms. The van der Waals surface area contributed by atoms with Crippen LogP contribution >= 0.6 is 0 Å². The Morgan fingerprint density at radius 1 is 1.38 bits per heavy atom. The van der Waals surface area contributed by atoms with E-state index in [9.17, 15) is 0 Å². The number of hydrogen-bond acceptors (Lipinski definition) is 3. The number of rotatable bonds is 5. The van der Waals surface area contributed by atoms with E-state index in [2.05, 4.69) is 27.4 Å². The van der Waals surface area contributed by atoms with Gasteiger partial charge in [-0.2, -0.15) is 0 Å². The Kier molecular flexibility index (Phi) is 3.41. The number of nitrogens with zero attached hydrogens (tertiary/aromatic N) is 1. The molecule has 0 saturated carbocycles. The number of aryl methyl sites for hydroxylation is 1. The second-order valence-corrected chi connectivity index (χ2v) is 3.98. The number of hydrogen-bond donors (Lipinski definition) is 3. The molecule has 4 nitrogen and oxygen atoms in total. The van der Waals surface area contributed by atoms with E-state index in [1.807, 2.05) is 13.0 Å². The summed E-state index contributed by atoms with van der Waals surface area (Å²) in [4.78, 5) is 7.59. The van der Waals surface area contributed by atoms with E-state index in [4.69, 9.17) is 5.73 Å². The van der Waals surface area contributed by atoms with Crippen molar-refractivity contribution >= 4 is 16.7 Å². The van der Waals surface area contributed by atoms with E-state index in [-0.39, 0.29) is 0 Å². The van der Waals surface area contributed by atoms with Gasteiger partial charge in [0.1, 0.15) is 5.82 Å². The van der Waals surface area contributed by atoms with Crippen molar-refractivity contribution in [2.45, 2.75) is 19.8 Å². The monoisotopic (exact) mass is 218 g/mol. The third-order valence-electron chi connectivity index (χ3n) is 2.56. The Balaban J connectivity index is 2.02. The Labute approximate surface area is 95.3 Å². The lowest BCUT2D eigenvalue weighted by atomic mass is 10.2. The minimum Gasteiger partial charge on any atom is -0.385 e. The Morgan fingerprint density at radius 2 is 2.25 bits per heavy atom. The van der Waals surface area contributed by atoms with Gasteiger partial charge in [-0.05, 0) is 44.5 Å². The Morgan fingerprint density at radius 3 is 3.06 bits per heavy atom. The molecule has 2 rings (SSSR count). The lowest BCUT2D eigenvalue weighted by Crippen LogP contribution is -2.05. The van der Waals surface area contributed by atoms with Gasteiger partial charge in [-0.15, -0.1) is 0 Å². The maximum absolute atomic E-state index is 5.44. The van der Waals surface area contributed by atoms with E-state index < -0.39 is 0 Å². The molecule has 0 atom stereocenters. The molecule has 1 aromatic heterocycles. The first-order valence-electron chi connectivity index (χ1n) is 5.70. The van der Waals surface area contributed by atoms with E-state index in [0.717, 1.165) is 48.5 Å². The van der Waals surface area contributed by atoms with Gasteiger partial charge >= 0.3 is 0 Å². The third kappa shape index (κ3) is 2.52. The smallest absolute Gasteiger partial charge is 0.104 e. The van der Waals surface area contributed by atoms with Gasteiger partial charge in [-0.25, -0.2) is 4.98 Å². The van der Waals surface area contributed by atoms with Gasteiger partial charge in [-0.3, -0.25) is 0 Å². The normalized spacial score (nSPS) is 10.9. The van der Waals surface area contributed by atoms with Crippen LogP contribution in [0.25, 0.3) is 11.0 Å². The van der Waals surface area contributed by atoms with Crippen molar-refractivity contribution in [2.24, 2.45) is 5.73 Å². The van der Waals surface area contributed by atoms with Crippen molar-refractivity contribution in [3.8, 4) is 0 Å². The van der Waals surface area contributed by atoms with E-state index in [0.29, 0.717) is 0 Å². The fourth-order valence-corrected chi connectivity index (χ4v) is 1.75. The summed E-state index contributed by atoms with van der Waals surface area (Å²) in [6.07, 6.45) is 2.18. The molecule has 0 spiro atoms. The molecule has 2 aromatic rings. The van der Waals surface area contributed by atoms with E-state index >= 15 is 0 Å². The van der Waals surface area contributed by atoms with Crippen molar-refractivity contribution in [2.75, 3.05) is 18.4 Å². The second-order valence-electron chi connectivity index (χ2n) is 3.98. The molecule has 0 amide bonds. The fraction of sp³-hybridized carbons (Fsp3) is 0.417. The lowest BCUT2D eigenvalue weighted by molar-refractivity contribution is 0.774. The predicted molar refractivity (Wildman–Crippen MR) is 67.6 cm³/mol. The maximum Gasteiger partial charge on any atom is 0.104 e. The molecule has 4 N–H and O–H groups in total. The van der Waals surface area contributed by atoms with Gasteiger partial charge in [0.25, 0.3) is 0 Å². The van der Waals surface area contributed by atoms with Crippen LogP contribution in [0.4, 0.5) is 5.69 Å². The number of H-pyrrole nitrogens is 1. The van der Waals surface area contributed by atoms with Crippen LogP contribution in [0.2, 0.25) is 0 Å². The highest BCUT2D eigenvalue weighted by Gasteiger charge is 1.99. The summed E-state index contributed by atoms with van der Waals surface area (Å²) in [5, 5.41) is 3.38. The van der Waals surface area contributed by atoms with Crippen LogP contribution in [0.1, 0.15) is 18.7 Å². The van der Waals surface area contributed by atoms with E-state index in [1.165, 1.54) is 0 Å². The molecule has 1 aromatic carbocycles. The number of anilines is 1. The first kappa shape index (κ1) is 11.0. The number of nitrogens with one attached hydrogen (secondary N) is 2. The summed E-state index contributed by atoms with van der Waals surface area (Å²) in [7, 11) is 0. The van der Waals surface area contributed by atoms with Crippen LogP contribution in [0.3, 0.4) is 0 Å². The summed E-state index contributed by atoms with van der Waals surface area (Å²) >= 11 is 0. The number of unbranched alkanes of at least 4 members (excludes halogenated alkanes) is 1. The first-order chi connectivity index (χ1) is 7.79. The highest BCUT2D eigenvalue weighted by Crippen LogP contribution is 2.16. The zero-order valence-electron chi connectivity index (χ0n) is 9.59. The van der Waals surface area contributed by atoms with Crippen LogP contribution in [0, 0.1) is 6.92 Å². The molecule has 0 saturated heterocycles. The van der Waals surface area contributed by atoms with Crippen molar-refractivity contribution in [1.82, 2.24) is 9.97 Å². The van der Waals surface area contributed by atoms with Gasteiger partial charge in [0.15, 0.2) is 0 Å². The number of benzene rings is 1. The fourth-order valence-electron chi connectivity index (χ4n) is 1.75. The zero-order chi connectivity index (χ0) is 11.4. The van der Waals surface area contributed by atoms with Gasteiger partial charge in [0.2, 0.25) is 0 Å². The van der Waals surface area contributed by atoms with Crippen LogP contribution in [-0.2, 0) is 0 Å². The topological polar surface area (TPSA) is 66.7 Å². The van der Waals surface area contributed by atoms with Gasteiger partial charge in [-0.1, -0.05) is 0 Å². The largest absolute Gasteiger partial charge is 0.385 e. The SMILES string of the molecule is Cc1nc2ccc(NCCCCN)cc2[nH]1. The quantitative estimate of drug-likeness (QED) is 0.673. The molecule has 0 fully saturated rings. The number of fused-ring (bicyclic) bond motifs is 1. The summed E-state index contributed by atoms with van der Waals surface area (Å²) < 4.78 is 0. The number of nitrogens with two attached hydrogens (primary N) is 1. The van der Waals surface area contributed by atoms with Gasteiger partial charge in [0, 0.05) is 12.2 Å². The molecule has 0 unspecified atom stereocenters. The number of aromatic nitrogens is 2. The molecule has 0 bridgehead atoms. The third-order valence-corrected chi connectivity index (χ3v) is 2.56. The minimum atomic E-state index is 0.764. The second kappa shape index (κ2) is 4.99. The van der Waals surface area contributed by atoms with Crippen molar-refractivity contribution in [1.29, 1.82) is 0 Å². The maximum atomic E-state index is 5.44. The molecule has 0 aliphatic rings. The van der Waals surface area contributed by atoms with Crippen molar-refractivity contribution in [3.63, 3.8) is 0 Å². The van der Waals surface area contributed by atoms with Gasteiger partial charge < -0.3 is 16.0 Å². The molecule has 0 aliphatic heterocycles. The summed E-state index contributed by atoms with van der Waals surface area (Å²) in [6.45, 7) is 3.70. The molecular formula is C12H18N4. The average molecular weight is 218 g/mol. The highest BCUT2D eigenvalue weighted by molar-refractivity contribution is 5.79. The summed E-state index contributed by atoms with van der Waals surface area (Å²) in [5.74, 6) is 0.954. The first-order valence-corrected chi connectivity index (χ1v) is 5.70. The summed E-state index contributed by atoms with van der Waals surface area (Å²) in [6, 6.07) is 6.19. The molecule has 1 heterocycles. The number of imidazole rings is 1. The van der Waals surface area contributed by atoms with Crippen LogP contribution < -0.4 is 11.1 Å². The number of aromatic amines is 1. The van der Waals surface area contributed by atoms with Crippen molar-refractivity contribution < 1.29 is 0 Å². The van der Waals surface area contributed by atoms with E-state index in [1.54, 1.807) is 0 Å². The molecular weight excluding hydrogens is 200 g/mol. The summed E-state index contributed by atoms with van der Waals surface area (Å²) in [5.41, 5.74) is 8.68. The Bertz CT molecular complexity index is 461. The standard InChI is InChI=1S/C12H18N4/c1-9-15-11-5-4-10(8-12(11)16-9)14-7-3-2-6-13/h4-5,8,14H,2-3,6-7,13H2,1H3,(H,15,16). The van der Waals surface area contributed by atoms with Crippen LogP contribution in [0.5, 0.6) is 0 Å². The van der Waals surface area contributed by atoms with Crippen LogP contribution in [0.15, 0.2) is 18.2 Å². The van der Waals surface area contributed by atoms with Gasteiger partial charge in [0.05, 0.1) is 11.0 Å². The van der Waals surface area contributed by atoms with Crippen molar-refractivity contribution in [3.05, 3.63) is 24.0 Å². The zero-order valence-corrected chi connectivity index (χ0v) is 9.59. The molecule has 4 heteroatoms.